The highest BCUT2D eigenvalue weighted by atomic mass is 79.9. The summed E-state index contributed by atoms with van der Waals surface area (Å²) in [5.41, 5.74) is 0.588. The van der Waals surface area contributed by atoms with E-state index in [1.807, 2.05) is 0 Å². The summed E-state index contributed by atoms with van der Waals surface area (Å²) in [6, 6.07) is 13.0. The number of benzene rings is 2. The number of sulfonamides is 1. The molecule has 0 saturated heterocycles. The van der Waals surface area contributed by atoms with Crippen molar-refractivity contribution in [3.63, 3.8) is 0 Å². The Hall–Kier alpha value is -1.45. The fraction of sp³-hybridized carbons (Fsp3) is 0.235. The van der Waals surface area contributed by atoms with E-state index in [-0.39, 0.29) is 31.1 Å². The molecule has 0 radical (unpaired) electrons. The molecule has 0 aromatic heterocycles. The normalized spacial score (nSPS) is 11.5. The Bertz CT molecular complexity index is 859. The molecule has 0 heterocycles. The number of nitrogens with zero attached hydrogens (tertiary/aromatic N) is 1. The molecule has 0 aliphatic rings. The zero-order valence-corrected chi connectivity index (χ0v) is 16.9. The zero-order valence-electron chi connectivity index (χ0n) is 13.7. The predicted octanol–water partition coefficient (Wildman–Crippen LogP) is 2.40. The van der Waals surface area contributed by atoms with Crippen molar-refractivity contribution in [2.45, 2.75) is 11.4 Å². The largest absolute Gasteiger partial charge is 0.395 e. The molecule has 26 heavy (non-hydrogen) atoms. The molecule has 2 aromatic rings. The van der Waals surface area contributed by atoms with Gasteiger partial charge in [-0.3, -0.25) is 4.79 Å². The molecule has 0 saturated carbocycles. The van der Waals surface area contributed by atoms with Crippen molar-refractivity contribution in [2.75, 3.05) is 19.7 Å². The molecule has 2 aromatic carbocycles. The first-order chi connectivity index (χ1) is 12.3. The number of nitrogens with one attached hydrogen (secondary N) is 1. The number of carbonyl (C=O) groups excluding carboxylic acids is 1. The molecular weight excluding hydrogens is 444 g/mol. The second-order valence-electron chi connectivity index (χ2n) is 5.39. The summed E-state index contributed by atoms with van der Waals surface area (Å²) < 4.78 is 27.8. The van der Waals surface area contributed by atoms with Crippen molar-refractivity contribution in [1.82, 2.24) is 9.62 Å². The van der Waals surface area contributed by atoms with Crippen LogP contribution in [0.3, 0.4) is 0 Å². The maximum absolute atomic E-state index is 13.0. The number of aliphatic hydroxyl groups excluding tert-OH is 1. The van der Waals surface area contributed by atoms with Crippen LogP contribution in [-0.2, 0) is 21.4 Å². The summed E-state index contributed by atoms with van der Waals surface area (Å²) in [7, 11) is -3.92. The Morgan fingerprint density at radius 2 is 1.81 bits per heavy atom. The Balaban J connectivity index is 2.34. The standard InChI is InChI=1S/C17H18BrClN2O4S/c18-14-5-7-15(8-6-14)26(24,25)21(12-17(23)20-9-10-22)11-13-3-1-2-4-16(13)19/h1-8,22H,9-12H2,(H,20,23). The van der Waals surface area contributed by atoms with Gasteiger partial charge in [0.15, 0.2) is 0 Å². The van der Waals surface area contributed by atoms with E-state index in [9.17, 15) is 13.2 Å². The van der Waals surface area contributed by atoms with E-state index in [1.54, 1.807) is 36.4 Å². The molecule has 0 bridgehead atoms. The molecule has 0 aliphatic heterocycles. The van der Waals surface area contributed by atoms with Gasteiger partial charge < -0.3 is 10.4 Å². The second kappa shape index (κ2) is 9.48. The Morgan fingerprint density at radius 1 is 1.15 bits per heavy atom. The van der Waals surface area contributed by atoms with Crippen molar-refractivity contribution >= 4 is 43.5 Å². The lowest BCUT2D eigenvalue weighted by Crippen LogP contribution is -2.41. The highest BCUT2D eigenvalue weighted by Gasteiger charge is 2.27. The summed E-state index contributed by atoms with van der Waals surface area (Å²) in [6.45, 7) is -0.610. The van der Waals surface area contributed by atoms with E-state index in [2.05, 4.69) is 21.2 Å². The minimum Gasteiger partial charge on any atom is -0.395 e. The Labute approximate surface area is 166 Å². The first-order valence-corrected chi connectivity index (χ1v) is 10.3. The summed E-state index contributed by atoms with van der Waals surface area (Å²) >= 11 is 9.41. The third-order valence-electron chi connectivity index (χ3n) is 3.51. The minimum absolute atomic E-state index is 0.0510. The van der Waals surface area contributed by atoms with Gasteiger partial charge in [-0.05, 0) is 35.9 Å². The topological polar surface area (TPSA) is 86.7 Å². The number of amides is 1. The van der Waals surface area contributed by atoms with Gasteiger partial charge in [0.25, 0.3) is 0 Å². The molecule has 2 rings (SSSR count). The van der Waals surface area contributed by atoms with Gasteiger partial charge in [-0.1, -0.05) is 45.7 Å². The van der Waals surface area contributed by atoms with Crippen molar-refractivity contribution in [1.29, 1.82) is 0 Å². The van der Waals surface area contributed by atoms with E-state index in [0.29, 0.717) is 10.6 Å². The average molecular weight is 462 g/mol. The van der Waals surface area contributed by atoms with Crippen LogP contribution >= 0.6 is 27.5 Å². The lowest BCUT2D eigenvalue weighted by atomic mass is 10.2. The molecule has 0 aliphatic carbocycles. The zero-order chi connectivity index (χ0) is 19.2. The van der Waals surface area contributed by atoms with Gasteiger partial charge in [0.1, 0.15) is 0 Å². The van der Waals surface area contributed by atoms with E-state index >= 15 is 0 Å². The van der Waals surface area contributed by atoms with E-state index < -0.39 is 15.9 Å². The highest BCUT2D eigenvalue weighted by Crippen LogP contribution is 2.23. The molecule has 6 nitrogen and oxygen atoms in total. The summed E-state index contributed by atoms with van der Waals surface area (Å²) in [4.78, 5) is 12.1. The lowest BCUT2D eigenvalue weighted by Gasteiger charge is -2.22. The molecule has 1 amide bonds. The quantitative estimate of drug-likeness (QED) is 0.632. The summed E-state index contributed by atoms with van der Waals surface area (Å²) in [6.07, 6.45) is 0. The smallest absolute Gasteiger partial charge is 0.243 e. The fourth-order valence-electron chi connectivity index (χ4n) is 2.21. The van der Waals surface area contributed by atoms with Crippen LogP contribution in [0.2, 0.25) is 5.02 Å². The van der Waals surface area contributed by atoms with Crippen LogP contribution in [0.15, 0.2) is 57.9 Å². The van der Waals surface area contributed by atoms with Crippen LogP contribution in [0.4, 0.5) is 0 Å². The van der Waals surface area contributed by atoms with E-state index in [4.69, 9.17) is 16.7 Å². The first-order valence-electron chi connectivity index (χ1n) is 7.71. The van der Waals surface area contributed by atoms with Gasteiger partial charge in [0.05, 0.1) is 18.0 Å². The van der Waals surface area contributed by atoms with Crippen LogP contribution in [0.5, 0.6) is 0 Å². The van der Waals surface area contributed by atoms with Crippen molar-refractivity contribution in [3.8, 4) is 0 Å². The lowest BCUT2D eigenvalue weighted by molar-refractivity contribution is -0.121. The maximum atomic E-state index is 13.0. The van der Waals surface area contributed by atoms with Crippen LogP contribution in [0.25, 0.3) is 0 Å². The van der Waals surface area contributed by atoms with Gasteiger partial charge in [-0.25, -0.2) is 8.42 Å². The van der Waals surface area contributed by atoms with Crippen LogP contribution < -0.4 is 5.32 Å². The summed E-state index contributed by atoms with van der Waals surface area (Å²) in [5.74, 6) is -0.508. The van der Waals surface area contributed by atoms with Crippen LogP contribution in [0, 0.1) is 0 Å². The molecule has 0 atom stereocenters. The molecule has 0 unspecified atom stereocenters. The highest BCUT2D eigenvalue weighted by molar-refractivity contribution is 9.10. The van der Waals surface area contributed by atoms with Gasteiger partial charge in [0, 0.05) is 22.6 Å². The third-order valence-corrected chi connectivity index (χ3v) is 6.21. The number of hydrogen-bond acceptors (Lipinski definition) is 4. The number of halogens is 2. The van der Waals surface area contributed by atoms with Crippen molar-refractivity contribution in [3.05, 3.63) is 63.6 Å². The number of carbonyl (C=O) groups is 1. The van der Waals surface area contributed by atoms with Crippen LogP contribution in [0.1, 0.15) is 5.56 Å². The predicted molar refractivity (Wildman–Crippen MR) is 103 cm³/mol. The average Bonchev–Trinajstić information content (AvgIpc) is 2.61. The van der Waals surface area contributed by atoms with Gasteiger partial charge >= 0.3 is 0 Å². The molecule has 0 spiro atoms. The molecule has 0 fully saturated rings. The van der Waals surface area contributed by atoms with Crippen molar-refractivity contribution < 1.29 is 18.3 Å². The van der Waals surface area contributed by atoms with Gasteiger partial charge in [0.2, 0.25) is 15.9 Å². The van der Waals surface area contributed by atoms with E-state index in [0.717, 1.165) is 8.78 Å². The SMILES string of the molecule is O=C(CN(Cc1ccccc1Cl)S(=O)(=O)c1ccc(Br)cc1)NCCO. The maximum Gasteiger partial charge on any atom is 0.243 e. The van der Waals surface area contributed by atoms with Gasteiger partial charge in [-0.15, -0.1) is 0 Å². The van der Waals surface area contributed by atoms with Crippen LogP contribution in [-0.4, -0.2) is 43.4 Å². The Kier molecular flexibility index (Phi) is 7.60. The molecular formula is C17H18BrClN2O4S. The summed E-state index contributed by atoms with van der Waals surface area (Å²) in [5, 5.41) is 11.7. The number of aliphatic hydroxyl groups is 1. The molecule has 9 heteroatoms. The number of rotatable bonds is 8. The monoisotopic (exact) mass is 460 g/mol. The fourth-order valence-corrected chi connectivity index (χ4v) is 4.04. The van der Waals surface area contributed by atoms with Crippen molar-refractivity contribution in [2.24, 2.45) is 0 Å². The minimum atomic E-state index is -3.92. The first kappa shape index (κ1) is 20.9. The number of hydrogen-bond donors (Lipinski definition) is 2. The Morgan fingerprint density at radius 3 is 2.42 bits per heavy atom. The van der Waals surface area contributed by atoms with Gasteiger partial charge in [-0.2, -0.15) is 4.31 Å². The second-order valence-corrected chi connectivity index (χ2v) is 8.65. The molecule has 2 N–H and O–H groups in total. The third kappa shape index (κ3) is 5.52. The van der Waals surface area contributed by atoms with E-state index in [1.165, 1.54) is 12.1 Å². The molecule has 140 valence electrons.